The molecule has 2 aromatic rings. The Kier molecular flexibility index (Phi) is 5.80. The summed E-state index contributed by atoms with van der Waals surface area (Å²) in [6.45, 7) is 2.10. The van der Waals surface area contributed by atoms with Crippen molar-refractivity contribution >= 4 is 63.3 Å². The van der Waals surface area contributed by atoms with Gasteiger partial charge in [-0.25, -0.2) is 4.79 Å². The first-order chi connectivity index (χ1) is 10.0. The van der Waals surface area contributed by atoms with E-state index in [4.69, 9.17) is 4.74 Å². The number of benzene rings is 2. The zero-order valence-corrected chi connectivity index (χ0v) is 16.0. The fourth-order valence-electron chi connectivity index (χ4n) is 1.88. The smallest absolute Gasteiger partial charge is 0.338 e. The predicted molar refractivity (Wildman–Crippen MR) is 103 cm³/mol. The van der Waals surface area contributed by atoms with Crippen molar-refractivity contribution in [2.75, 3.05) is 7.11 Å². The third-order valence-electron chi connectivity index (χ3n) is 3.05. The SMILES string of the molecule is COC(=O)c1cc(/C=C/c2ccc(I)c(C)c2)ccc1I. The highest BCUT2D eigenvalue weighted by Gasteiger charge is 2.09. The highest BCUT2D eigenvalue weighted by molar-refractivity contribution is 14.1. The minimum atomic E-state index is -0.306. The van der Waals surface area contributed by atoms with E-state index in [1.54, 1.807) is 0 Å². The van der Waals surface area contributed by atoms with Crippen LogP contribution in [0, 0.1) is 14.1 Å². The Bertz CT molecular complexity index is 706. The van der Waals surface area contributed by atoms with Gasteiger partial charge in [0.15, 0.2) is 0 Å². The number of aryl methyl sites for hydroxylation is 1. The topological polar surface area (TPSA) is 26.3 Å². The molecule has 2 aromatic carbocycles. The maximum absolute atomic E-state index is 11.7. The number of rotatable bonds is 3. The van der Waals surface area contributed by atoms with Crippen LogP contribution in [0.5, 0.6) is 0 Å². The predicted octanol–water partition coefficient (Wildman–Crippen LogP) is 5.16. The Hall–Kier alpha value is -0.890. The first kappa shape index (κ1) is 16.5. The first-order valence-corrected chi connectivity index (χ1v) is 8.49. The molecule has 2 rings (SSSR count). The molecule has 0 N–H and O–H groups in total. The molecular formula is C17H14I2O2. The lowest BCUT2D eigenvalue weighted by atomic mass is 10.1. The van der Waals surface area contributed by atoms with Crippen LogP contribution in [0.3, 0.4) is 0 Å². The molecule has 0 aliphatic rings. The van der Waals surface area contributed by atoms with Crippen molar-refractivity contribution in [1.29, 1.82) is 0 Å². The van der Waals surface area contributed by atoms with Crippen molar-refractivity contribution in [1.82, 2.24) is 0 Å². The molecule has 0 aliphatic carbocycles. The van der Waals surface area contributed by atoms with Gasteiger partial charge in [0, 0.05) is 7.14 Å². The zero-order chi connectivity index (χ0) is 15.4. The molecule has 0 saturated heterocycles. The van der Waals surface area contributed by atoms with Crippen LogP contribution >= 0.6 is 45.2 Å². The van der Waals surface area contributed by atoms with Crippen LogP contribution in [0.1, 0.15) is 27.0 Å². The molecule has 21 heavy (non-hydrogen) atoms. The second-order valence-corrected chi connectivity index (χ2v) is 6.90. The number of carbonyl (C=O) groups excluding carboxylic acids is 1. The van der Waals surface area contributed by atoms with Crippen molar-refractivity contribution in [2.24, 2.45) is 0 Å². The molecule has 0 saturated carbocycles. The molecule has 0 bridgehead atoms. The van der Waals surface area contributed by atoms with Crippen LogP contribution in [-0.4, -0.2) is 13.1 Å². The Morgan fingerprint density at radius 2 is 1.57 bits per heavy atom. The van der Waals surface area contributed by atoms with Crippen molar-refractivity contribution in [3.63, 3.8) is 0 Å². The van der Waals surface area contributed by atoms with E-state index in [1.165, 1.54) is 16.2 Å². The van der Waals surface area contributed by atoms with Crippen LogP contribution in [0.2, 0.25) is 0 Å². The third-order valence-corrected chi connectivity index (χ3v) is 5.20. The molecule has 0 radical (unpaired) electrons. The van der Waals surface area contributed by atoms with Crippen molar-refractivity contribution < 1.29 is 9.53 Å². The number of carbonyl (C=O) groups is 1. The van der Waals surface area contributed by atoms with Gasteiger partial charge in [0.1, 0.15) is 0 Å². The van der Waals surface area contributed by atoms with Gasteiger partial charge in [-0.05, 0) is 87.0 Å². The Labute approximate surface area is 151 Å². The van der Waals surface area contributed by atoms with E-state index >= 15 is 0 Å². The van der Waals surface area contributed by atoms with E-state index in [0.717, 1.165) is 14.7 Å². The molecule has 108 valence electrons. The van der Waals surface area contributed by atoms with Gasteiger partial charge in [-0.3, -0.25) is 0 Å². The van der Waals surface area contributed by atoms with Gasteiger partial charge in [-0.2, -0.15) is 0 Å². The molecule has 0 aliphatic heterocycles. The summed E-state index contributed by atoms with van der Waals surface area (Å²) in [5.74, 6) is -0.306. The summed E-state index contributed by atoms with van der Waals surface area (Å²) in [6.07, 6.45) is 4.05. The minimum Gasteiger partial charge on any atom is -0.465 e. The Balaban J connectivity index is 2.28. The Morgan fingerprint density at radius 1 is 1.00 bits per heavy atom. The monoisotopic (exact) mass is 504 g/mol. The highest BCUT2D eigenvalue weighted by Crippen LogP contribution is 2.19. The number of hydrogen-bond donors (Lipinski definition) is 0. The van der Waals surface area contributed by atoms with Crippen LogP contribution in [0.4, 0.5) is 0 Å². The van der Waals surface area contributed by atoms with E-state index in [9.17, 15) is 4.79 Å². The lowest BCUT2D eigenvalue weighted by Crippen LogP contribution is -2.03. The van der Waals surface area contributed by atoms with Gasteiger partial charge in [-0.15, -0.1) is 0 Å². The second kappa shape index (κ2) is 7.40. The van der Waals surface area contributed by atoms with Crippen LogP contribution in [0.15, 0.2) is 36.4 Å². The lowest BCUT2D eigenvalue weighted by molar-refractivity contribution is 0.0599. The first-order valence-electron chi connectivity index (χ1n) is 6.33. The van der Waals surface area contributed by atoms with Gasteiger partial charge in [0.05, 0.1) is 12.7 Å². The number of ether oxygens (including phenoxy) is 1. The van der Waals surface area contributed by atoms with Crippen LogP contribution in [0.25, 0.3) is 12.2 Å². The fraction of sp³-hybridized carbons (Fsp3) is 0.118. The molecule has 0 aromatic heterocycles. The van der Waals surface area contributed by atoms with E-state index in [-0.39, 0.29) is 5.97 Å². The number of halogens is 2. The Morgan fingerprint density at radius 3 is 2.14 bits per heavy atom. The number of esters is 1. The van der Waals surface area contributed by atoms with Crippen LogP contribution in [-0.2, 0) is 4.74 Å². The summed E-state index contributed by atoms with van der Waals surface area (Å²) in [6, 6.07) is 12.1. The molecule has 0 fully saturated rings. The molecule has 0 amide bonds. The zero-order valence-electron chi connectivity index (χ0n) is 11.7. The minimum absolute atomic E-state index is 0.306. The molecule has 0 heterocycles. The van der Waals surface area contributed by atoms with Gasteiger partial charge < -0.3 is 4.74 Å². The average molecular weight is 504 g/mol. The van der Waals surface area contributed by atoms with E-state index in [2.05, 4.69) is 70.3 Å². The highest BCUT2D eigenvalue weighted by atomic mass is 127. The van der Waals surface area contributed by atoms with E-state index in [1.807, 2.05) is 30.4 Å². The summed E-state index contributed by atoms with van der Waals surface area (Å²) < 4.78 is 6.94. The summed E-state index contributed by atoms with van der Waals surface area (Å²) in [7, 11) is 1.40. The molecule has 0 spiro atoms. The van der Waals surface area contributed by atoms with Gasteiger partial charge in [-0.1, -0.05) is 30.4 Å². The second-order valence-electron chi connectivity index (χ2n) is 4.57. The normalized spacial score (nSPS) is 10.9. The quantitative estimate of drug-likeness (QED) is 0.328. The maximum atomic E-state index is 11.7. The van der Waals surface area contributed by atoms with Gasteiger partial charge in [0.2, 0.25) is 0 Å². The molecule has 2 nitrogen and oxygen atoms in total. The summed E-state index contributed by atoms with van der Waals surface area (Å²) in [4.78, 5) is 11.7. The fourth-order valence-corrected chi connectivity index (χ4v) is 2.77. The van der Waals surface area contributed by atoms with Crippen molar-refractivity contribution in [3.05, 3.63) is 65.8 Å². The maximum Gasteiger partial charge on any atom is 0.338 e. The third kappa shape index (κ3) is 4.29. The summed E-state index contributed by atoms with van der Waals surface area (Å²) in [5, 5.41) is 0. The number of hydrogen-bond acceptors (Lipinski definition) is 2. The largest absolute Gasteiger partial charge is 0.465 e. The molecule has 0 atom stereocenters. The van der Waals surface area contributed by atoms with Crippen molar-refractivity contribution in [2.45, 2.75) is 6.92 Å². The summed E-state index contributed by atoms with van der Waals surface area (Å²) in [5.41, 5.74) is 3.98. The average Bonchev–Trinajstić information content (AvgIpc) is 2.49. The lowest BCUT2D eigenvalue weighted by Gasteiger charge is -2.04. The number of methoxy groups -OCH3 is 1. The summed E-state index contributed by atoms with van der Waals surface area (Å²) >= 11 is 4.46. The molecule has 0 unspecified atom stereocenters. The standard InChI is InChI=1S/C17H14I2O2/c1-11-9-12(5-7-15(11)18)3-4-13-6-8-16(19)14(10-13)17(20)21-2/h3-10H,1-2H3/b4-3+. The van der Waals surface area contributed by atoms with E-state index in [0.29, 0.717) is 5.56 Å². The van der Waals surface area contributed by atoms with Gasteiger partial charge >= 0.3 is 5.97 Å². The van der Waals surface area contributed by atoms with Gasteiger partial charge in [0.25, 0.3) is 0 Å². The molecule has 4 heteroatoms. The molecular weight excluding hydrogens is 490 g/mol. The van der Waals surface area contributed by atoms with Crippen LogP contribution < -0.4 is 0 Å². The van der Waals surface area contributed by atoms with E-state index < -0.39 is 0 Å². The van der Waals surface area contributed by atoms with Crippen molar-refractivity contribution in [3.8, 4) is 0 Å².